The van der Waals surface area contributed by atoms with E-state index in [1.165, 1.54) is 0 Å². The molecule has 0 spiro atoms. The van der Waals surface area contributed by atoms with Gasteiger partial charge in [0.25, 0.3) is 5.91 Å². The molecule has 0 radical (unpaired) electrons. The van der Waals surface area contributed by atoms with Crippen LogP contribution >= 0.6 is 11.6 Å². The molecule has 0 aliphatic heterocycles. The maximum absolute atomic E-state index is 11.8. The van der Waals surface area contributed by atoms with Crippen molar-refractivity contribution in [3.63, 3.8) is 0 Å². The first kappa shape index (κ1) is 15.4. The molecule has 2 rings (SSSR count). The van der Waals surface area contributed by atoms with Gasteiger partial charge in [0.1, 0.15) is 5.75 Å². The van der Waals surface area contributed by atoms with E-state index < -0.39 is 0 Å². The minimum atomic E-state index is -0.228. The van der Waals surface area contributed by atoms with Crippen molar-refractivity contribution in [2.24, 2.45) is 5.73 Å². The lowest BCUT2D eigenvalue weighted by Crippen LogP contribution is -2.20. The van der Waals surface area contributed by atoms with Crippen molar-refractivity contribution >= 4 is 23.2 Å². The molecule has 0 saturated carbocycles. The van der Waals surface area contributed by atoms with Crippen LogP contribution in [0, 0.1) is 0 Å². The van der Waals surface area contributed by atoms with Gasteiger partial charge in [-0.1, -0.05) is 23.7 Å². The molecule has 4 nitrogen and oxygen atoms in total. The van der Waals surface area contributed by atoms with Gasteiger partial charge in [-0.2, -0.15) is 0 Å². The van der Waals surface area contributed by atoms with Gasteiger partial charge in [0.05, 0.1) is 0 Å². The summed E-state index contributed by atoms with van der Waals surface area (Å²) in [6, 6.07) is 14.2. The molecule has 0 bridgehead atoms. The van der Waals surface area contributed by atoms with Crippen molar-refractivity contribution in [1.82, 2.24) is 0 Å². The summed E-state index contributed by atoms with van der Waals surface area (Å²) in [4.78, 5) is 11.8. The van der Waals surface area contributed by atoms with Crippen LogP contribution in [-0.2, 0) is 4.79 Å². The summed E-state index contributed by atoms with van der Waals surface area (Å²) >= 11 is 5.78. The summed E-state index contributed by atoms with van der Waals surface area (Å²) in [7, 11) is 0. The highest BCUT2D eigenvalue weighted by atomic mass is 35.5. The van der Waals surface area contributed by atoms with Gasteiger partial charge in [-0.15, -0.1) is 0 Å². The van der Waals surface area contributed by atoms with E-state index in [1.807, 2.05) is 19.1 Å². The molecular formula is C16H17ClN2O2. The number of hydrogen-bond acceptors (Lipinski definition) is 3. The third kappa shape index (κ3) is 4.77. The van der Waals surface area contributed by atoms with Gasteiger partial charge in [0, 0.05) is 16.8 Å². The van der Waals surface area contributed by atoms with Crippen LogP contribution in [-0.4, -0.2) is 12.5 Å². The van der Waals surface area contributed by atoms with E-state index in [1.54, 1.807) is 36.4 Å². The Morgan fingerprint density at radius 1 is 1.19 bits per heavy atom. The Bertz CT molecular complexity index is 595. The number of hydrogen-bond donors (Lipinski definition) is 2. The van der Waals surface area contributed by atoms with Crippen LogP contribution in [0.4, 0.5) is 5.69 Å². The molecule has 5 heteroatoms. The molecule has 0 unspecified atom stereocenters. The average Bonchev–Trinajstić information content (AvgIpc) is 2.48. The quantitative estimate of drug-likeness (QED) is 0.890. The first-order chi connectivity index (χ1) is 10.0. The largest absolute Gasteiger partial charge is 0.484 e. The molecule has 2 aromatic carbocycles. The van der Waals surface area contributed by atoms with Crippen molar-refractivity contribution in [3.8, 4) is 5.75 Å². The molecule has 2 aromatic rings. The predicted molar refractivity (Wildman–Crippen MR) is 84.6 cm³/mol. The highest BCUT2D eigenvalue weighted by molar-refractivity contribution is 6.30. The monoisotopic (exact) mass is 304 g/mol. The Balaban J connectivity index is 1.84. The summed E-state index contributed by atoms with van der Waals surface area (Å²) in [6.45, 7) is 1.86. The van der Waals surface area contributed by atoms with Crippen molar-refractivity contribution in [3.05, 3.63) is 59.1 Å². The Labute approximate surface area is 128 Å². The van der Waals surface area contributed by atoms with E-state index in [0.717, 1.165) is 5.56 Å². The van der Waals surface area contributed by atoms with Crippen molar-refractivity contribution in [2.45, 2.75) is 13.0 Å². The molecule has 110 valence electrons. The summed E-state index contributed by atoms with van der Waals surface area (Å²) in [5, 5.41) is 3.35. The topological polar surface area (TPSA) is 64.3 Å². The van der Waals surface area contributed by atoms with Gasteiger partial charge < -0.3 is 15.8 Å². The average molecular weight is 305 g/mol. The summed E-state index contributed by atoms with van der Waals surface area (Å²) in [5.74, 6) is 0.402. The number of carbonyl (C=O) groups is 1. The summed E-state index contributed by atoms with van der Waals surface area (Å²) < 4.78 is 5.42. The lowest BCUT2D eigenvalue weighted by Gasteiger charge is -2.09. The third-order valence-corrected chi connectivity index (χ3v) is 3.16. The molecule has 3 N–H and O–H groups in total. The second-order valence-electron chi connectivity index (χ2n) is 4.70. The van der Waals surface area contributed by atoms with Gasteiger partial charge in [-0.05, 0) is 48.9 Å². The fourth-order valence-electron chi connectivity index (χ4n) is 1.75. The van der Waals surface area contributed by atoms with Crippen LogP contribution in [0.2, 0.25) is 5.02 Å². The van der Waals surface area contributed by atoms with Gasteiger partial charge in [0.2, 0.25) is 0 Å². The number of rotatable bonds is 5. The zero-order valence-corrected chi connectivity index (χ0v) is 12.4. The zero-order chi connectivity index (χ0) is 15.2. The fourth-order valence-corrected chi connectivity index (χ4v) is 1.87. The second-order valence-corrected chi connectivity index (χ2v) is 5.14. The number of anilines is 1. The molecule has 21 heavy (non-hydrogen) atoms. The maximum Gasteiger partial charge on any atom is 0.262 e. The minimum absolute atomic E-state index is 0.0211. The molecule has 0 aromatic heterocycles. The van der Waals surface area contributed by atoms with Crippen LogP contribution in [0.1, 0.15) is 18.5 Å². The number of carbonyl (C=O) groups excluding carboxylic acids is 1. The molecule has 0 heterocycles. The SMILES string of the molecule is C[C@H](N)c1ccc(OCC(=O)Nc2ccc(Cl)cc2)cc1. The van der Waals surface area contributed by atoms with Crippen molar-refractivity contribution < 1.29 is 9.53 Å². The fraction of sp³-hybridized carbons (Fsp3) is 0.188. The lowest BCUT2D eigenvalue weighted by molar-refractivity contribution is -0.118. The third-order valence-electron chi connectivity index (χ3n) is 2.90. The molecule has 0 saturated heterocycles. The molecule has 0 aliphatic carbocycles. The van der Waals surface area contributed by atoms with Crippen molar-refractivity contribution in [1.29, 1.82) is 0 Å². The molecule has 0 fully saturated rings. The number of nitrogens with one attached hydrogen (secondary N) is 1. The Morgan fingerprint density at radius 2 is 1.81 bits per heavy atom. The highest BCUT2D eigenvalue weighted by Gasteiger charge is 2.04. The molecule has 1 amide bonds. The smallest absolute Gasteiger partial charge is 0.262 e. The second kappa shape index (κ2) is 7.11. The number of amides is 1. The van der Waals surface area contributed by atoms with Crippen molar-refractivity contribution in [2.75, 3.05) is 11.9 Å². The Hall–Kier alpha value is -2.04. The Morgan fingerprint density at radius 3 is 2.38 bits per heavy atom. The van der Waals surface area contributed by atoms with E-state index in [0.29, 0.717) is 16.5 Å². The van der Waals surface area contributed by atoms with Gasteiger partial charge >= 0.3 is 0 Å². The van der Waals surface area contributed by atoms with E-state index in [4.69, 9.17) is 22.1 Å². The van der Waals surface area contributed by atoms with E-state index in [-0.39, 0.29) is 18.6 Å². The number of ether oxygens (including phenoxy) is 1. The summed E-state index contributed by atoms with van der Waals surface area (Å²) in [6.07, 6.45) is 0. The van der Waals surface area contributed by atoms with Crippen LogP contribution in [0.25, 0.3) is 0 Å². The lowest BCUT2D eigenvalue weighted by atomic mass is 10.1. The number of benzene rings is 2. The normalized spacial score (nSPS) is 11.8. The van der Waals surface area contributed by atoms with E-state index >= 15 is 0 Å². The first-order valence-electron chi connectivity index (χ1n) is 6.58. The minimum Gasteiger partial charge on any atom is -0.484 e. The standard InChI is InChI=1S/C16H17ClN2O2/c1-11(18)12-2-8-15(9-3-12)21-10-16(20)19-14-6-4-13(17)5-7-14/h2-9,11H,10,18H2,1H3,(H,19,20)/t11-/m0/s1. The van der Waals surface area contributed by atoms with E-state index in [2.05, 4.69) is 5.32 Å². The van der Waals surface area contributed by atoms with Crippen LogP contribution in [0.5, 0.6) is 5.75 Å². The summed E-state index contributed by atoms with van der Waals surface area (Å²) in [5.41, 5.74) is 7.47. The van der Waals surface area contributed by atoms with Gasteiger partial charge in [-0.3, -0.25) is 4.79 Å². The predicted octanol–water partition coefficient (Wildman–Crippen LogP) is 3.38. The molecular weight excluding hydrogens is 288 g/mol. The Kier molecular flexibility index (Phi) is 5.20. The van der Waals surface area contributed by atoms with E-state index in [9.17, 15) is 4.79 Å². The number of halogens is 1. The van der Waals surface area contributed by atoms with Crippen LogP contribution < -0.4 is 15.8 Å². The van der Waals surface area contributed by atoms with Gasteiger partial charge in [0.15, 0.2) is 6.61 Å². The van der Waals surface area contributed by atoms with Gasteiger partial charge in [-0.25, -0.2) is 0 Å². The van der Waals surface area contributed by atoms with Crippen LogP contribution in [0.15, 0.2) is 48.5 Å². The highest BCUT2D eigenvalue weighted by Crippen LogP contribution is 2.16. The molecule has 0 aliphatic rings. The molecule has 1 atom stereocenters. The van der Waals surface area contributed by atoms with Crippen LogP contribution in [0.3, 0.4) is 0 Å². The first-order valence-corrected chi connectivity index (χ1v) is 6.96. The maximum atomic E-state index is 11.8. The number of nitrogens with two attached hydrogens (primary N) is 1. The zero-order valence-electron chi connectivity index (χ0n) is 11.7.